The highest BCUT2D eigenvalue weighted by Crippen LogP contribution is 2.27. The molecule has 0 aliphatic carbocycles. The number of aromatic nitrogens is 3. The lowest BCUT2D eigenvalue weighted by Crippen LogP contribution is -2.14. The van der Waals surface area contributed by atoms with E-state index in [1.807, 2.05) is 0 Å². The summed E-state index contributed by atoms with van der Waals surface area (Å²) in [5.41, 5.74) is 8.94. The van der Waals surface area contributed by atoms with Crippen molar-refractivity contribution in [2.45, 2.75) is 52.1 Å². The van der Waals surface area contributed by atoms with Gasteiger partial charge in [-0.1, -0.05) is 26.7 Å². The number of hydrogen-bond donors (Lipinski definition) is 1. The van der Waals surface area contributed by atoms with Gasteiger partial charge in [0.25, 0.3) is 0 Å². The Hall–Kier alpha value is -1.42. The van der Waals surface area contributed by atoms with Crippen LogP contribution in [0.2, 0.25) is 0 Å². The van der Waals surface area contributed by atoms with E-state index in [2.05, 4.69) is 34.4 Å². The molecule has 0 radical (unpaired) electrons. The maximum atomic E-state index is 5.87. The predicted molar refractivity (Wildman–Crippen MR) is 74.3 cm³/mol. The largest absolute Gasteiger partial charge is 0.325 e. The fourth-order valence-electron chi connectivity index (χ4n) is 2.63. The van der Waals surface area contributed by atoms with E-state index in [4.69, 9.17) is 5.73 Å². The van der Waals surface area contributed by atoms with E-state index < -0.39 is 0 Å². The van der Waals surface area contributed by atoms with Crippen molar-refractivity contribution in [2.24, 2.45) is 5.73 Å². The van der Waals surface area contributed by atoms with Crippen LogP contribution in [-0.2, 0) is 6.54 Å². The molecule has 98 valence electrons. The van der Waals surface area contributed by atoms with E-state index in [0.717, 1.165) is 16.9 Å². The van der Waals surface area contributed by atoms with Crippen molar-refractivity contribution >= 4 is 11.2 Å². The quantitative estimate of drug-likeness (QED) is 0.852. The van der Waals surface area contributed by atoms with E-state index in [1.165, 1.54) is 25.7 Å². The number of fused-ring (bicyclic) bond motifs is 1. The molecular formula is C14H22N4. The van der Waals surface area contributed by atoms with E-state index in [1.54, 1.807) is 12.4 Å². The topological polar surface area (TPSA) is 56.7 Å². The molecule has 0 amide bonds. The number of nitrogens with zero attached hydrogens (tertiary/aromatic N) is 3. The normalized spacial score (nSPS) is 11.6. The van der Waals surface area contributed by atoms with Crippen molar-refractivity contribution < 1.29 is 0 Å². The van der Waals surface area contributed by atoms with Crippen molar-refractivity contribution in [3.63, 3.8) is 0 Å². The SMILES string of the molecule is CCCC(CCC)n1c(CN)cc2nccnc21. The molecule has 0 atom stereocenters. The Bertz CT molecular complexity index is 497. The Balaban J connectivity index is 2.51. The molecule has 0 saturated carbocycles. The van der Waals surface area contributed by atoms with Crippen LogP contribution in [-0.4, -0.2) is 14.5 Å². The fourth-order valence-corrected chi connectivity index (χ4v) is 2.63. The second kappa shape index (κ2) is 5.96. The van der Waals surface area contributed by atoms with E-state index in [0.29, 0.717) is 12.6 Å². The minimum Gasteiger partial charge on any atom is -0.325 e. The van der Waals surface area contributed by atoms with Gasteiger partial charge in [-0.05, 0) is 18.9 Å². The van der Waals surface area contributed by atoms with Crippen LogP contribution in [0.1, 0.15) is 51.3 Å². The van der Waals surface area contributed by atoms with Crippen molar-refractivity contribution in [2.75, 3.05) is 0 Å². The first-order chi connectivity index (χ1) is 8.81. The Morgan fingerprint density at radius 3 is 2.44 bits per heavy atom. The smallest absolute Gasteiger partial charge is 0.159 e. The average molecular weight is 246 g/mol. The van der Waals surface area contributed by atoms with Gasteiger partial charge in [-0.3, -0.25) is 4.98 Å². The van der Waals surface area contributed by atoms with Crippen LogP contribution in [0.5, 0.6) is 0 Å². The lowest BCUT2D eigenvalue weighted by Gasteiger charge is -2.21. The summed E-state index contributed by atoms with van der Waals surface area (Å²) in [7, 11) is 0. The molecule has 2 aromatic heterocycles. The van der Waals surface area contributed by atoms with Gasteiger partial charge in [0, 0.05) is 30.7 Å². The Morgan fingerprint density at radius 2 is 1.83 bits per heavy atom. The number of nitrogens with two attached hydrogens (primary N) is 1. The molecule has 2 heterocycles. The zero-order valence-electron chi connectivity index (χ0n) is 11.3. The summed E-state index contributed by atoms with van der Waals surface area (Å²) in [6.45, 7) is 4.99. The Labute approximate surface area is 108 Å². The van der Waals surface area contributed by atoms with Crippen molar-refractivity contribution in [3.05, 3.63) is 24.2 Å². The van der Waals surface area contributed by atoms with Crippen LogP contribution in [0.25, 0.3) is 11.2 Å². The molecule has 0 saturated heterocycles. The van der Waals surface area contributed by atoms with Gasteiger partial charge in [-0.15, -0.1) is 0 Å². The standard InChI is InChI=1S/C14H22N4/c1-3-5-11(6-4-2)18-12(10-15)9-13-14(18)17-8-7-16-13/h7-9,11H,3-6,10,15H2,1-2H3. The molecule has 0 unspecified atom stereocenters. The minimum absolute atomic E-state index is 0.493. The summed E-state index contributed by atoms with van der Waals surface area (Å²) >= 11 is 0. The van der Waals surface area contributed by atoms with Crippen molar-refractivity contribution in [1.82, 2.24) is 14.5 Å². The zero-order valence-corrected chi connectivity index (χ0v) is 11.3. The van der Waals surface area contributed by atoms with Crippen LogP contribution >= 0.6 is 0 Å². The molecule has 2 aromatic rings. The number of hydrogen-bond acceptors (Lipinski definition) is 3. The highest BCUT2D eigenvalue weighted by atomic mass is 15.1. The summed E-state index contributed by atoms with van der Waals surface area (Å²) in [6.07, 6.45) is 8.18. The highest BCUT2D eigenvalue weighted by Gasteiger charge is 2.17. The molecule has 18 heavy (non-hydrogen) atoms. The molecule has 4 nitrogen and oxygen atoms in total. The van der Waals surface area contributed by atoms with Crippen LogP contribution in [0, 0.1) is 0 Å². The van der Waals surface area contributed by atoms with Gasteiger partial charge in [0.2, 0.25) is 0 Å². The molecule has 2 N–H and O–H groups in total. The van der Waals surface area contributed by atoms with E-state index >= 15 is 0 Å². The molecule has 0 bridgehead atoms. The van der Waals surface area contributed by atoms with Gasteiger partial charge in [0.05, 0.1) is 0 Å². The summed E-state index contributed by atoms with van der Waals surface area (Å²) in [5, 5.41) is 0. The molecule has 0 aliphatic heterocycles. The zero-order chi connectivity index (χ0) is 13.0. The van der Waals surface area contributed by atoms with Crippen LogP contribution in [0.15, 0.2) is 18.5 Å². The lowest BCUT2D eigenvalue weighted by atomic mass is 10.1. The number of rotatable bonds is 6. The third-order valence-corrected chi connectivity index (χ3v) is 3.37. The molecule has 0 aromatic carbocycles. The molecular weight excluding hydrogens is 224 g/mol. The van der Waals surface area contributed by atoms with Crippen LogP contribution < -0.4 is 5.73 Å². The first-order valence-corrected chi connectivity index (χ1v) is 6.82. The minimum atomic E-state index is 0.493. The third-order valence-electron chi connectivity index (χ3n) is 3.37. The monoisotopic (exact) mass is 246 g/mol. The maximum Gasteiger partial charge on any atom is 0.159 e. The molecule has 2 rings (SSSR count). The lowest BCUT2D eigenvalue weighted by molar-refractivity contribution is 0.425. The predicted octanol–water partition coefficient (Wildman–Crippen LogP) is 3.03. The average Bonchev–Trinajstić information content (AvgIpc) is 2.76. The summed E-state index contributed by atoms with van der Waals surface area (Å²) < 4.78 is 2.30. The van der Waals surface area contributed by atoms with Gasteiger partial charge in [0.15, 0.2) is 5.65 Å². The fraction of sp³-hybridized carbons (Fsp3) is 0.571. The Morgan fingerprint density at radius 1 is 1.17 bits per heavy atom. The molecule has 4 heteroatoms. The van der Waals surface area contributed by atoms with Crippen molar-refractivity contribution in [1.29, 1.82) is 0 Å². The van der Waals surface area contributed by atoms with Crippen LogP contribution in [0.3, 0.4) is 0 Å². The summed E-state index contributed by atoms with van der Waals surface area (Å²) in [5.74, 6) is 0. The second-order valence-electron chi connectivity index (χ2n) is 4.71. The van der Waals surface area contributed by atoms with Gasteiger partial charge in [-0.25, -0.2) is 4.98 Å². The summed E-state index contributed by atoms with van der Waals surface area (Å²) in [6, 6.07) is 2.56. The first-order valence-electron chi connectivity index (χ1n) is 6.82. The van der Waals surface area contributed by atoms with Gasteiger partial charge >= 0.3 is 0 Å². The molecule has 0 aliphatic rings. The van der Waals surface area contributed by atoms with Crippen LogP contribution in [0.4, 0.5) is 0 Å². The van der Waals surface area contributed by atoms with Gasteiger partial charge in [0.1, 0.15) is 5.52 Å². The van der Waals surface area contributed by atoms with Gasteiger partial charge < -0.3 is 10.3 Å². The van der Waals surface area contributed by atoms with E-state index in [-0.39, 0.29) is 0 Å². The Kier molecular flexibility index (Phi) is 4.31. The highest BCUT2D eigenvalue weighted by molar-refractivity contribution is 5.72. The third kappa shape index (κ3) is 2.38. The molecule has 0 fully saturated rings. The van der Waals surface area contributed by atoms with Crippen molar-refractivity contribution in [3.8, 4) is 0 Å². The van der Waals surface area contributed by atoms with E-state index in [9.17, 15) is 0 Å². The first kappa shape index (κ1) is 13.0. The second-order valence-corrected chi connectivity index (χ2v) is 4.71. The van der Waals surface area contributed by atoms with Gasteiger partial charge in [-0.2, -0.15) is 0 Å². The molecule has 0 spiro atoms. The summed E-state index contributed by atoms with van der Waals surface area (Å²) in [4.78, 5) is 8.85. The maximum absolute atomic E-state index is 5.87.